The zero-order valence-electron chi connectivity index (χ0n) is 22.3. The van der Waals surface area contributed by atoms with Crippen molar-refractivity contribution in [2.45, 2.75) is 19.5 Å². The van der Waals surface area contributed by atoms with Gasteiger partial charge in [0.25, 0.3) is 0 Å². The summed E-state index contributed by atoms with van der Waals surface area (Å²) in [5, 5.41) is 16.6. The lowest BCUT2D eigenvalue weighted by Gasteiger charge is -2.27. The number of methoxy groups -OCH3 is 1. The number of amides is 1. The largest absolute Gasteiger partial charge is 0.495 e. The highest BCUT2D eigenvalue weighted by molar-refractivity contribution is 7.80. The molecule has 0 saturated heterocycles. The minimum atomic E-state index is -0.143. The van der Waals surface area contributed by atoms with Gasteiger partial charge in [0.15, 0.2) is 5.11 Å². The molecule has 8 nitrogen and oxygen atoms in total. The number of benzene rings is 3. The molecule has 2 N–H and O–H groups in total. The summed E-state index contributed by atoms with van der Waals surface area (Å²) in [6.45, 7) is 1.69. The number of nitriles is 1. The number of nitrogens with zero attached hydrogens (tertiary/aromatic N) is 4. The second-order valence-electron chi connectivity index (χ2n) is 9.11. The summed E-state index contributed by atoms with van der Waals surface area (Å²) in [5.74, 6) is 0.512. The Morgan fingerprint density at radius 3 is 2.66 bits per heavy atom. The van der Waals surface area contributed by atoms with Crippen LogP contribution in [0.5, 0.6) is 5.75 Å². The first-order chi connectivity index (χ1) is 19.9. The molecule has 0 radical (unpaired) electrons. The Morgan fingerprint density at radius 2 is 1.90 bits per heavy atom. The fraction of sp³-hybridized carbons (Fsp3) is 0.200. The van der Waals surface area contributed by atoms with E-state index >= 15 is 0 Å². The summed E-state index contributed by atoms with van der Waals surface area (Å²) in [5.41, 5.74) is 3.92. The number of carbonyl (C=O) groups excluding carboxylic acids is 1. The highest BCUT2D eigenvalue weighted by atomic mass is 35.5. The van der Waals surface area contributed by atoms with Gasteiger partial charge in [-0.15, -0.1) is 0 Å². The Balaban J connectivity index is 1.39. The molecule has 0 aliphatic rings. The van der Waals surface area contributed by atoms with E-state index in [0.717, 1.165) is 22.5 Å². The van der Waals surface area contributed by atoms with Crippen LogP contribution < -0.4 is 15.4 Å². The van der Waals surface area contributed by atoms with E-state index in [4.69, 9.17) is 45.4 Å². The number of rotatable bonds is 11. The van der Waals surface area contributed by atoms with E-state index in [0.29, 0.717) is 52.6 Å². The first kappa shape index (κ1) is 29.9. The Bertz CT molecular complexity index is 1550. The molecule has 4 aromatic rings. The van der Waals surface area contributed by atoms with Gasteiger partial charge >= 0.3 is 0 Å². The normalized spacial score (nSPS) is 10.5. The number of thiocarbonyl (C=S) groups is 1. The molecule has 210 valence electrons. The molecule has 0 atom stereocenters. The van der Waals surface area contributed by atoms with E-state index in [1.807, 2.05) is 58.0 Å². The molecular weight excluding hydrogens is 579 g/mol. The molecule has 0 aliphatic heterocycles. The quantitative estimate of drug-likeness (QED) is 0.212. The van der Waals surface area contributed by atoms with Crippen molar-refractivity contribution in [2.75, 3.05) is 25.5 Å². The van der Waals surface area contributed by atoms with Crippen molar-refractivity contribution < 1.29 is 9.53 Å². The maximum absolute atomic E-state index is 12.9. The predicted octanol–water partition coefficient (Wildman–Crippen LogP) is 5.68. The van der Waals surface area contributed by atoms with Gasteiger partial charge in [-0.25, -0.2) is 4.98 Å². The fourth-order valence-electron chi connectivity index (χ4n) is 4.15. The Hall–Kier alpha value is -4.10. The van der Waals surface area contributed by atoms with Crippen LogP contribution in [-0.4, -0.2) is 45.7 Å². The number of halogens is 2. The molecular formula is C30H28Cl2N6O2S. The maximum atomic E-state index is 12.9. The zero-order chi connectivity index (χ0) is 29.2. The molecule has 0 saturated carbocycles. The van der Waals surface area contributed by atoms with Gasteiger partial charge in [0.05, 0.1) is 47.2 Å². The fourth-order valence-corrected chi connectivity index (χ4v) is 4.79. The maximum Gasteiger partial charge on any atom is 0.226 e. The number of imidazole rings is 1. The molecule has 1 aromatic heterocycles. The predicted molar refractivity (Wildman–Crippen MR) is 165 cm³/mol. The van der Waals surface area contributed by atoms with Crippen LogP contribution in [0.15, 0.2) is 79.3 Å². The molecule has 0 spiro atoms. The smallest absolute Gasteiger partial charge is 0.226 e. The topological polar surface area (TPSA) is 95.2 Å². The lowest BCUT2D eigenvalue weighted by Crippen LogP contribution is -2.40. The summed E-state index contributed by atoms with van der Waals surface area (Å²) < 4.78 is 7.36. The van der Waals surface area contributed by atoms with Crippen molar-refractivity contribution in [3.05, 3.63) is 112 Å². The first-order valence-corrected chi connectivity index (χ1v) is 13.9. The Morgan fingerprint density at radius 1 is 1.12 bits per heavy atom. The molecule has 1 heterocycles. The van der Waals surface area contributed by atoms with Crippen LogP contribution in [0.2, 0.25) is 10.0 Å². The molecule has 0 bridgehead atoms. The molecule has 3 aromatic carbocycles. The monoisotopic (exact) mass is 606 g/mol. The van der Waals surface area contributed by atoms with Gasteiger partial charge in [0.1, 0.15) is 5.75 Å². The highest BCUT2D eigenvalue weighted by Crippen LogP contribution is 2.27. The van der Waals surface area contributed by atoms with Gasteiger partial charge in [0.2, 0.25) is 5.91 Å². The van der Waals surface area contributed by atoms with E-state index < -0.39 is 0 Å². The van der Waals surface area contributed by atoms with Gasteiger partial charge in [-0.2, -0.15) is 5.26 Å². The SMILES string of the molecule is COc1ccccc1NC(=S)N(CCNC(=O)Cc1cncn1Cc1ccc(C#N)cc1)Cc1cccc(Cl)c1Cl. The van der Waals surface area contributed by atoms with E-state index in [9.17, 15) is 4.79 Å². The standard InChI is InChI=1S/C30H28Cl2N6O2S/c1-40-27-8-3-2-7-26(27)36-30(41)37(19-23-5-4-6-25(31)29(23)32)14-13-35-28(39)15-24-17-34-20-38(24)18-22-11-9-21(16-33)10-12-22/h2-12,17,20H,13-15,18-19H2,1H3,(H,35,39)(H,36,41). The van der Waals surface area contributed by atoms with Crippen molar-refractivity contribution >= 4 is 52.1 Å². The number of hydrogen-bond acceptors (Lipinski definition) is 5. The van der Waals surface area contributed by atoms with E-state index in [-0.39, 0.29) is 12.3 Å². The second kappa shape index (κ2) is 14.5. The van der Waals surface area contributed by atoms with Crippen LogP contribution in [0.4, 0.5) is 5.69 Å². The second-order valence-corrected chi connectivity index (χ2v) is 10.3. The average Bonchev–Trinajstić information content (AvgIpc) is 3.41. The third-order valence-corrected chi connectivity index (χ3v) is 7.53. The molecule has 41 heavy (non-hydrogen) atoms. The van der Waals surface area contributed by atoms with Crippen molar-refractivity contribution in [3.63, 3.8) is 0 Å². The molecule has 11 heteroatoms. The lowest BCUT2D eigenvalue weighted by atomic mass is 10.1. The number of ether oxygens (including phenoxy) is 1. The van der Waals surface area contributed by atoms with Gasteiger partial charge in [-0.1, -0.05) is 59.6 Å². The molecule has 4 rings (SSSR count). The van der Waals surface area contributed by atoms with Crippen LogP contribution in [0, 0.1) is 11.3 Å². The van der Waals surface area contributed by atoms with E-state index in [1.165, 1.54) is 0 Å². The molecule has 0 aliphatic carbocycles. The highest BCUT2D eigenvalue weighted by Gasteiger charge is 2.16. The number of carbonyl (C=O) groups is 1. The number of nitrogens with one attached hydrogen (secondary N) is 2. The van der Waals surface area contributed by atoms with Gasteiger partial charge in [0, 0.05) is 38.1 Å². The minimum absolute atomic E-state index is 0.143. The van der Waals surface area contributed by atoms with E-state index in [2.05, 4.69) is 21.7 Å². The van der Waals surface area contributed by atoms with Crippen LogP contribution in [0.25, 0.3) is 0 Å². The zero-order valence-corrected chi connectivity index (χ0v) is 24.6. The Kier molecular flexibility index (Phi) is 10.6. The Labute approximate surface area is 254 Å². The third kappa shape index (κ3) is 8.21. The van der Waals surface area contributed by atoms with Crippen molar-refractivity contribution in [3.8, 4) is 11.8 Å². The van der Waals surface area contributed by atoms with Gasteiger partial charge < -0.3 is 24.8 Å². The van der Waals surface area contributed by atoms with Crippen LogP contribution in [0.1, 0.15) is 22.4 Å². The van der Waals surface area contributed by atoms with Gasteiger partial charge in [-0.05, 0) is 53.7 Å². The van der Waals surface area contributed by atoms with Crippen molar-refractivity contribution in [1.29, 1.82) is 5.26 Å². The van der Waals surface area contributed by atoms with Crippen LogP contribution in [0.3, 0.4) is 0 Å². The molecule has 0 unspecified atom stereocenters. The summed E-state index contributed by atoms with van der Waals surface area (Å²) in [6.07, 6.45) is 3.54. The summed E-state index contributed by atoms with van der Waals surface area (Å²) in [4.78, 5) is 19.0. The first-order valence-electron chi connectivity index (χ1n) is 12.7. The summed E-state index contributed by atoms with van der Waals surface area (Å²) in [7, 11) is 1.60. The molecule has 0 fully saturated rings. The van der Waals surface area contributed by atoms with E-state index in [1.54, 1.807) is 37.8 Å². The number of para-hydroxylation sites is 2. The minimum Gasteiger partial charge on any atom is -0.495 e. The summed E-state index contributed by atoms with van der Waals surface area (Å²) >= 11 is 18.5. The number of anilines is 1. The lowest BCUT2D eigenvalue weighted by molar-refractivity contribution is -0.120. The molecule has 1 amide bonds. The number of aromatic nitrogens is 2. The van der Waals surface area contributed by atoms with Gasteiger partial charge in [-0.3, -0.25) is 4.79 Å². The van der Waals surface area contributed by atoms with Crippen LogP contribution in [-0.2, 0) is 24.3 Å². The third-order valence-electron chi connectivity index (χ3n) is 6.31. The average molecular weight is 608 g/mol. The van der Waals surface area contributed by atoms with Crippen molar-refractivity contribution in [1.82, 2.24) is 19.8 Å². The summed E-state index contributed by atoms with van der Waals surface area (Å²) in [6, 6.07) is 22.4. The number of hydrogen-bond donors (Lipinski definition) is 2. The van der Waals surface area contributed by atoms with Crippen LogP contribution >= 0.6 is 35.4 Å². The van der Waals surface area contributed by atoms with Crippen molar-refractivity contribution in [2.24, 2.45) is 0 Å².